The van der Waals surface area contributed by atoms with Gasteiger partial charge in [-0.3, -0.25) is 4.79 Å². The standard InChI is InChI=1S/C15H22OS/c1-11(2)9-17-10-14(16)8-15-12(3)6-5-7-13(15)4/h5-7,11H,8-10H2,1-4H3. The second-order valence-corrected chi connectivity index (χ2v) is 6.03. The second kappa shape index (κ2) is 6.85. The van der Waals surface area contributed by atoms with Crippen LogP contribution in [-0.2, 0) is 11.2 Å². The molecule has 0 N–H and O–H groups in total. The Labute approximate surface area is 109 Å². The Bertz CT molecular complexity index is 362. The van der Waals surface area contributed by atoms with Crippen molar-refractivity contribution >= 4 is 17.5 Å². The Morgan fingerprint density at radius 2 is 1.82 bits per heavy atom. The van der Waals surface area contributed by atoms with E-state index in [0.717, 1.165) is 5.75 Å². The molecule has 1 aromatic rings. The molecule has 0 amide bonds. The van der Waals surface area contributed by atoms with Crippen molar-refractivity contribution in [3.63, 3.8) is 0 Å². The highest BCUT2D eigenvalue weighted by Gasteiger charge is 2.08. The molecule has 0 aliphatic carbocycles. The summed E-state index contributed by atoms with van der Waals surface area (Å²) < 4.78 is 0. The molecule has 0 fully saturated rings. The molecule has 0 heterocycles. The van der Waals surface area contributed by atoms with E-state index in [-0.39, 0.29) is 0 Å². The summed E-state index contributed by atoms with van der Waals surface area (Å²) in [5, 5.41) is 0. The third-order valence-electron chi connectivity index (χ3n) is 2.73. The number of aryl methyl sites for hydroxylation is 2. The fraction of sp³-hybridized carbons (Fsp3) is 0.533. The van der Waals surface area contributed by atoms with Crippen LogP contribution in [0.4, 0.5) is 0 Å². The van der Waals surface area contributed by atoms with Gasteiger partial charge in [0, 0.05) is 6.42 Å². The summed E-state index contributed by atoms with van der Waals surface area (Å²) in [7, 11) is 0. The van der Waals surface area contributed by atoms with Crippen LogP contribution in [0.1, 0.15) is 30.5 Å². The Balaban J connectivity index is 2.51. The molecule has 17 heavy (non-hydrogen) atoms. The number of rotatable bonds is 6. The molecule has 0 saturated heterocycles. The van der Waals surface area contributed by atoms with Crippen molar-refractivity contribution in [1.29, 1.82) is 0 Å². The summed E-state index contributed by atoms with van der Waals surface area (Å²) in [6.45, 7) is 8.53. The van der Waals surface area contributed by atoms with Crippen molar-refractivity contribution in [3.05, 3.63) is 34.9 Å². The number of hydrogen-bond acceptors (Lipinski definition) is 2. The molecule has 1 rings (SSSR count). The average Bonchev–Trinajstić information content (AvgIpc) is 2.23. The summed E-state index contributed by atoms with van der Waals surface area (Å²) in [5.41, 5.74) is 3.67. The summed E-state index contributed by atoms with van der Waals surface area (Å²) in [5.74, 6) is 2.71. The van der Waals surface area contributed by atoms with Crippen LogP contribution in [0.5, 0.6) is 0 Å². The van der Waals surface area contributed by atoms with Crippen molar-refractivity contribution in [3.8, 4) is 0 Å². The lowest BCUT2D eigenvalue weighted by molar-refractivity contribution is -0.116. The van der Waals surface area contributed by atoms with E-state index in [1.165, 1.54) is 16.7 Å². The van der Waals surface area contributed by atoms with Crippen molar-refractivity contribution in [2.24, 2.45) is 5.92 Å². The molecular formula is C15H22OS. The van der Waals surface area contributed by atoms with Gasteiger partial charge in [-0.2, -0.15) is 11.8 Å². The SMILES string of the molecule is Cc1cccc(C)c1CC(=O)CSCC(C)C. The molecule has 0 saturated carbocycles. The van der Waals surface area contributed by atoms with E-state index in [2.05, 4.69) is 39.8 Å². The first-order chi connectivity index (χ1) is 8.00. The lowest BCUT2D eigenvalue weighted by Gasteiger charge is -2.09. The summed E-state index contributed by atoms with van der Waals surface area (Å²) in [6, 6.07) is 6.21. The van der Waals surface area contributed by atoms with E-state index >= 15 is 0 Å². The predicted molar refractivity (Wildman–Crippen MR) is 76.8 cm³/mol. The van der Waals surface area contributed by atoms with Gasteiger partial charge < -0.3 is 0 Å². The van der Waals surface area contributed by atoms with Crippen LogP contribution in [-0.4, -0.2) is 17.3 Å². The van der Waals surface area contributed by atoms with Crippen LogP contribution >= 0.6 is 11.8 Å². The lowest BCUT2D eigenvalue weighted by Crippen LogP contribution is -2.09. The van der Waals surface area contributed by atoms with E-state index in [4.69, 9.17) is 0 Å². The van der Waals surface area contributed by atoms with Gasteiger partial charge in [-0.15, -0.1) is 0 Å². The first-order valence-electron chi connectivity index (χ1n) is 6.15. The fourth-order valence-corrected chi connectivity index (χ4v) is 2.70. The van der Waals surface area contributed by atoms with Crippen LogP contribution in [0, 0.1) is 19.8 Å². The van der Waals surface area contributed by atoms with Gasteiger partial charge in [0.05, 0.1) is 5.75 Å². The van der Waals surface area contributed by atoms with Crippen LogP contribution in [0.3, 0.4) is 0 Å². The van der Waals surface area contributed by atoms with Gasteiger partial charge in [0.25, 0.3) is 0 Å². The molecular weight excluding hydrogens is 228 g/mol. The zero-order valence-electron chi connectivity index (χ0n) is 11.2. The highest BCUT2D eigenvalue weighted by atomic mass is 32.2. The molecule has 0 spiro atoms. The van der Waals surface area contributed by atoms with E-state index < -0.39 is 0 Å². The van der Waals surface area contributed by atoms with Gasteiger partial charge in [0.1, 0.15) is 5.78 Å². The minimum Gasteiger partial charge on any atom is -0.298 e. The molecule has 0 bridgehead atoms. The maximum Gasteiger partial charge on any atom is 0.147 e. The fourth-order valence-electron chi connectivity index (χ4n) is 1.78. The molecule has 94 valence electrons. The third kappa shape index (κ3) is 4.95. The first-order valence-corrected chi connectivity index (χ1v) is 7.30. The van der Waals surface area contributed by atoms with Crippen LogP contribution in [0.2, 0.25) is 0 Å². The highest BCUT2D eigenvalue weighted by molar-refractivity contribution is 7.99. The van der Waals surface area contributed by atoms with Gasteiger partial charge in [-0.05, 0) is 42.2 Å². The summed E-state index contributed by atoms with van der Waals surface area (Å²) in [4.78, 5) is 11.9. The quantitative estimate of drug-likeness (QED) is 0.764. The number of Topliss-reactive ketones (excluding diaryl/α,β-unsaturated/α-hetero) is 1. The zero-order chi connectivity index (χ0) is 12.8. The number of carbonyl (C=O) groups excluding carboxylic acids is 1. The predicted octanol–water partition coefficient (Wildman–Crippen LogP) is 3.80. The van der Waals surface area contributed by atoms with Crippen molar-refractivity contribution < 1.29 is 4.79 Å². The summed E-state index contributed by atoms with van der Waals surface area (Å²) in [6.07, 6.45) is 0.587. The second-order valence-electron chi connectivity index (χ2n) is 4.99. The van der Waals surface area contributed by atoms with Crippen molar-refractivity contribution in [2.75, 3.05) is 11.5 Å². The third-order valence-corrected chi connectivity index (χ3v) is 4.16. The molecule has 0 unspecified atom stereocenters. The minimum absolute atomic E-state index is 0.341. The van der Waals surface area contributed by atoms with E-state index in [1.807, 2.05) is 6.07 Å². The molecule has 0 aliphatic heterocycles. The van der Waals surface area contributed by atoms with Crippen LogP contribution < -0.4 is 0 Å². The molecule has 0 aromatic heterocycles. The molecule has 2 heteroatoms. The van der Waals surface area contributed by atoms with E-state index in [0.29, 0.717) is 23.9 Å². The Kier molecular flexibility index (Phi) is 5.76. The van der Waals surface area contributed by atoms with E-state index in [9.17, 15) is 4.79 Å². The topological polar surface area (TPSA) is 17.1 Å². The average molecular weight is 250 g/mol. The first kappa shape index (κ1) is 14.3. The molecule has 1 nitrogen and oxygen atoms in total. The van der Waals surface area contributed by atoms with Gasteiger partial charge in [0.15, 0.2) is 0 Å². The smallest absolute Gasteiger partial charge is 0.147 e. The monoisotopic (exact) mass is 250 g/mol. The number of thioether (sulfide) groups is 1. The van der Waals surface area contributed by atoms with E-state index in [1.54, 1.807) is 11.8 Å². The number of hydrogen-bond donors (Lipinski definition) is 0. The van der Waals surface area contributed by atoms with Crippen molar-refractivity contribution in [2.45, 2.75) is 34.1 Å². The summed E-state index contributed by atoms with van der Waals surface area (Å²) >= 11 is 1.75. The number of ketones is 1. The minimum atomic E-state index is 0.341. The Morgan fingerprint density at radius 3 is 2.35 bits per heavy atom. The van der Waals surface area contributed by atoms with Gasteiger partial charge in [-0.1, -0.05) is 32.0 Å². The molecule has 0 radical (unpaired) electrons. The Morgan fingerprint density at radius 1 is 1.24 bits per heavy atom. The molecule has 1 aromatic carbocycles. The molecule has 0 atom stereocenters. The Hall–Kier alpha value is -0.760. The zero-order valence-corrected chi connectivity index (χ0v) is 12.1. The van der Waals surface area contributed by atoms with Crippen LogP contribution in [0.25, 0.3) is 0 Å². The lowest BCUT2D eigenvalue weighted by atomic mass is 9.99. The van der Waals surface area contributed by atoms with Crippen LogP contribution in [0.15, 0.2) is 18.2 Å². The number of carbonyl (C=O) groups is 1. The largest absolute Gasteiger partial charge is 0.298 e. The molecule has 0 aliphatic rings. The van der Waals surface area contributed by atoms with Gasteiger partial charge in [0.2, 0.25) is 0 Å². The van der Waals surface area contributed by atoms with Gasteiger partial charge >= 0.3 is 0 Å². The normalized spacial score (nSPS) is 10.9. The highest BCUT2D eigenvalue weighted by Crippen LogP contribution is 2.16. The number of benzene rings is 1. The van der Waals surface area contributed by atoms with Gasteiger partial charge in [-0.25, -0.2) is 0 Å². The maximum atomic E-state index is 11.9. The maximum absolute atomic E-state index is 11.9. The van der Waals surface area contributed by atoms with Crippen molar-refractivity contribution in [1.82, 2.24) is 0 Å².